The number of ether oxygens (including phenoxy) is 1. The van der Waals surface area contributed by atoms with Crippen molar-refractivity contribution in [1.29, 1.82) is 0 Å². The molecule has 2 aliphatic carbocycles. The Morgan fingerprint density at radius 3 is 2.57 bits per heavy atom. The second-order valence-corrected chi connectivity index (χ2v) is 10.8. The molecule has 35 heavy (non-hydrogen) atoms. The van der Waals surface area contributed by atoms with Gasteiger partial charge in [-0.15, -0.1) is 0 Å². The van der Waals surface area contributed by atoms with Gasteiger partial charge in [0.1, 0.15) is 5.75 Å². The van der Waals surface area contributed by atoms with E-state index in [0.717, 1.165) is 37.4 Å². The summed E-state index contributed by atoms with van der Waals surface area (Å²) in [5, 5.41) is 12.3. The van der Waals surface area contributed by atoms with Crippen LogP contribution in [-0.4, -0.2) is 65.1 Å². The van der Waals surface area contributed by atoms with Crippen molar-refractivity contribution in [2.24, 2.45) is 5.92 Å². The van der Waals surface area contributed by atoms with Crippen LogP contribution in [0.3, 0.4) is 0 Å². The zero-order chi connectivity index (χ0) is 24.6. The van der Waals surface area contributed by atoms with Crippen molar-refractivity contribution in [2.45, 2.75) is 62.5 Å². The largest absolute Gasteiger partial charge is 0.427 e. The SMILES string of the molecule is CC(=O)Oc1cccc([C@@]23CCN(CC4CC4)C[C@@]2(O)CC[C@H](N(C)C(=O)c2ccccc2)C3)c1. The van der Waals surface area contributed by atoms with Crippen LogP contribution < -0.4 is 4.74 Å². The molecular formula is C29H36N2O4. The summed E-state index contributed by atoms with van der Waals surface area (Å²) in [4.78, 5) is 29.2. The smallest absolute Gasteiger partial charge is 0.308 e. The molecule has 0 spiro atoms. The van der Waals surface area contributed by atoms with E-state index in [9.17, 15) is 14.7 Å². The Bertz CT molecular complexity index is 1090. The zero-order valence-electron chi connectivity index (χ0n) is 20.8. The maximum atomic E-state index is 13.3. The van der Waals surface area contributed by atoms with Crippen molar-refractivity contribution in [3.63, 3.8) is 0 Å². The predicted molar refractivity (Wildman–Crippen MR) is 134 cm³/mol. The fraction of sp³-hybridized carbons (Fsp3) is 0.517. The molecule has 186 valence electrons. The zero-order valence-corrected chi connectivity index (χ0v) is 20.8. The van der Waals surface area contributed by atoms with Gasteiger partial charge < -0.3 is 19.6 Å². The standard InChI is InChI=1S/C29H36N2O4/c1-21(32)35-26-10-6-9-24(17-26)28-15-16-31(19-22-11-12-22)20-29(28,34)14-13-25(18-28)30(2)27(33)23-7-4-3-5-8-23/h3-10,17,22,25,34H,11-16,18-20H2,1-2H3/t25-,28-,29-/m0/s1. The molecule has 3 atom stereocenters. The number of piperidine rings is 1. The number of hydrogen-bond donors (Lipinski definition) is 1. The number of esters is 1. The van der Waals surface area contributed by atoms with E-state index in [0.29, 0.717) is 30.7 Å². The Kier molecular flexibility index (Phi) is 6.45. The highest BCUT2D eigenvalue weighted by atomic mass is 16.5. The molecule has 1 amide bonds. The Labute approximate surface area is 207 Å². The molecule has 6 heteroatoms. The maximum absolute atomic E-state index is 13.3. The summed E-state index contributed by atoms with van der Waals surface area (Å²) in [5.74, 6) is 0.923. The van der Waals surface area contributed by atoms with E-state index in [1.807, 2.05) is 54.4 Å². The van der Waals surface area contributed by atoms with Crippen LogP contribution in [0.2, 0.25) is 0 Å². The van der Waals surface area contributed by atoms with Gasteiger partial charge in [0.05, 0.1) is 5.60 Å². The molecule has 1 heterocycles. The number of hydrogen-bond acceptors (Lipinski definition) is 5. The number of likely N-dealkylation sites (tertiary alicyclic amines) is 1. The van der Waals surface area contributed by atoms with Crippen LogP contribution in [-0.2, 0) is 10.2 Å². The van der Waals surface area contributed by atoms with E-state index in [-0.39, 0.29) is 17.9 Å². The molecule has 1 aliphatic heterocycles. The van der Waals surface area contributed by atoms with Gasteiger partial charge in [-0.05, 0) is 80.8 Å². The third-order valence-electron chi connectivity index (χ3n) is 8.46. The van der Waals surface area contributed by atoms with E-state index >= 15 is 0 Å². The van der Waals surface area contributed by atoms with Crippen molar-refractivity contribution in [2.75, 3.05) is 26.7 Å². The highest BCUT2D eigenvalue weighted by Crippen LogP contribution is 2.53. The quantitative estimate of drug-likeness (QED) is 0.504. The minimum Gasteiger partial charge on any atom is -0.427 e. The summed E-state index contributed by atoms with van der Waals surface area (Å²) >= 11 is 0. The molecule has 3 aliphatic rings. The van der Waals surface area contributed by atoms with Gasteiger partial charge in [-0.3, -0.25) is 9.59 Å². The normalized spacial score (nSPS) is 28.7. The first-order valence-corrected chi connectivity index (χ1v) is 12.9. The molecule has 1 saturated heterocycles. The van der Waals surface area contributed by atoms with Crippen LogP contribution in [0.4, 0.5) is 0 Å². The first-order chi connectivity index (χ1) is 16.8. The highest BCUT2D eigenvalue weighted by molar-refractivity contribution is 5.94. The summed E-state index contributed by atoms with van der Waals surface area (Å²) in [6, 6.07) is 17.1. The molecule has 0 unspecified atom stereocenters. The van der Waals surface area contributed by atoms with E-state index in [1.54, 1.807) is 6.07 Å². The average Bonchev–Trinajstić information content (AvgIpc) is 3.67. The lowest BCUT2D eigenvalue weighted by Gasteiger charge is -2.59. The molecular weight excluding hydrogens is 440 g/mol. The minimum absolute atomic E-state index is 0.00958. The first kappa shape index (κ1) is 24.0. The van der Waals surface area contributed by atoms with Crippen molar-refractivity contribution in [3.8, 4) is 5.75 Å². The number of carbonyl (C=O) groups is 2. The molecule has 0 bridgehead atoms. The number of benzene rings is 2. The number of aliphatic hydroxyl groups is 1. The fourth-order valence-corrected chi connectivity index (χ4v) is 6.36. The van der Waals surface area contributed by atoms with E-state index < -0.39 is 11.0 Å². The lowest BCUT2D eigenvalue weighted by Crippen LogP contribution is -2.67. The molecule has 2 saturated carbocycles. The molecule has 2 aromatic rings. The van der Waals surface area contributed by atoms with Gasteiger partial charge in [0.2, 0.25) is 0 Å². The van der Waals surface area contributed by atoms with Gasteiger partial charge >= 0.3 is 5.97 Å². The maximum Gasteiger partial charge on any atom is 0.308 e. The molecule has 5 rings (SSSR count). The van der Waals surface area contributed by atoms with Crippen LogP contribution in [0.1, 0.15) is 61.4 Å². The molecule has 0 aromatic heterocycles. The molecule has 2 aromatic carbocycles. The number of amides is 1. The molecule has 6 nitrogen and oxygen atoms in total. The third-order valence-corrected chi connectivity index (χ3v) is 8.46. The number of rotatable bonds is 6. The first-order valence-electron chi connectivity index (χ1n) is 12.9. The summed E-state index contributed by atoms with van der Waals surface area (Å²) in [5.41, 5.74) is 0.260. The fourth-order valence-electron chi connectivity index (χ4n) is 6.36. The van der Waals surface area contributed by atoms with E-state index in [4.69, 9.17) is 4.74 Å². The number of fused-ring (bicyclic) bond motifs is 1. The van der Waals surface area contributed by atoms with Crippen molar-refractivity contribution >= 4 is 11.9 Å². The van der Waals surface area contributed by atoms with Gasteiger partial charge in [-0.2, -0.15) is 0 Å². The number of β-amino-alcohol motifs (C(OH)–C–C–N with tert-alkyl or cyclic N) is 1. The minimum atomic E-state index is -0.901. The van der Waals surface area contributed by atoms with Gasteiger partial charge in [0, 0.05) is 44.1 Å². The molecule has 3 fully saturated rings. The second kappa shape index (κ2) is 9.40. The average molecular weight is 477 g/mol. The Morgan fingerprint density at radius 2 is 1.86 bits per heavy atom. The van der Waals surface area contributed by atoms with Gasteiger partial charge in [-0.25, -0.2) is 0 Å². The molecule has 0 radical (unpaired) electrons. The predicted octanol–water partition coefficient (Wildman–Crippen LogP) is 4.02. The van der Waals surface area contributed by atoms with Crippen LogP contribution in [0.15, 0.2) is 54.6 Å². The van der Waals surface area contributed by atoms with E-state index in [2.05, 4.69) is 11.0 Å². The number of nitrogens with zero attached hydrogens (tertiary/aromatic N) is 2. The van der Waals surface area contributed by atoms with Gasteiger partial charge in [-0.1, -0.05) is 30.3 Å². The van der Waals surface area contributed by atoms with Crippen molar-refractivity contribution in [3.05, 3.63) is 65.7 Å². The van der Waals surface area contributed by atoms with Crippen LogP contribution >= 0.6 is 0 Å². The summed E-state index contributed by atoms with van der Waals surface area (Å²) in [6.45, 7) is 4.02. The highest BCUT2D eigenvalue weighted by Gasteiger charge is 2.58. The summed E-state index contributed by atoms with van der Waals surface area (Å²) in [7, 11) is 1.88. The van der Waals surface area contributed by atoms with Crippen LogP contribution in [0, 0.1) is 5.92 Å². The third kappa shape index (κ3) is 4.74. The van der Waals surface area contributed by atoms with Crippen LogP contribution in [0.25, 0.3) is 0 Å². The molecule has 1 N–H and O–H groups in total. The van der Waals surface area contributed by atoms with E-state index in [1.165, 1.54) is 19.8 Å². The van der Waals surface area contributed by atoms with Crippen molar-refractivity contribution in [1.82, 2.24) is 9.80 Å². The van der Waals surface area contributed by atoms with Gasteiger partial charge in [0.25, 0.3) is 5.91 Å². The second-order valence-electron chi connectivity index (χ2n) is 10.8. The number of carbonyl (C=O) groups excluding carboxylic acids is 2. The monoisotopic (exact) mass is 476 g/mol. The lowest BCUT2D eigenvalue weighted by molar-refractivity contribution is -0.133. The van der Waals surface area contributed by atoms with Gasteiger partial charge in [0.15, 0.2) is 0 Å². The lowest BCUT2D eigenvalue weighted by atomic mass is 9.55. The van der Waals surface area contributed by atoms with Crippen molar-refractivity contribution < 1.29 is 19.4 Å². The Morgan fingerprint density at radius 1 is 1.09 bits per heavy atom. The summed E-state index contributed by atoms with van der Waals surface area (Å²) < 4.78 is 5.41. The topological polar surface area (TPSA) is 70.1 Å². The Balaban J connectivity index is 1.47. The van der Waals surface area contributed by atoms with Crippen LogP contribution in [0.5, 0.6) is 5.75 Å². The summed E-state index contributed by atoms with van der Waals surface area (Å²) in [6.07, 6.45) is 5.46. The Hall–Kier alpha value is -2.70.